The Morgan fingerprint density at radius 1 is 0.963 bits per heavy atom. The third kappa shape index (κ3) is 9.28. The monoisotopic (exact) mass is 442 g/mol. The molecule has 0 aliphatic carbocycles. The van der Waals surface area contributed by atoms with Crippen LogP contribution in [0.1, 0.15) is 55.4 Å². The number of rotatable bonds is 10. The molecule has 0 fully saturated rings. The van der Waals surface area contributed by atoms with Crippen LogP contribution in [-0.2, 0) is 0 Å². The Kier molecular flexibility index (Phi) is 14.9. The number of halogens is 3. The second-order valence-corrected chi connectivity index (χ2v) is 6.10. The molecule has 1 rings (SSSR count). The summed E-state index contributed by atoms with van der Waals surface area (Å²) in [6.07, 6.45) is 7.19. The van der Waals surface area contributed by atoms with E-state index in [1.807, 2.05) is 0 Å². The average molecular weight is 444 g/mol. The highest BCUT2D eigenvalue weighted by Gasteiger charge is 2.23. The van der Waals surface area contributed by atoms with E-state index in [0.29, 0.717) is 6.54 Å². The van der Waals surface area contributed by atoms with Gasteiger partial charge in [0, 0.05) is 6.54 Å². The summed E-state index contributed by atoms with van der Waals surface area (Å²) in [6.45, 7) is 1.04. The lowest BCUT2D eigenvalue weighted by Gasteiger charge is -2.20. The lowest BCUT2D eigenvalue weighted by molar-refractivity contribution is 0.0838. The molecular weight excluding hydrogens is 415 g/mol. The maximum atomic E-state index is 12.5. The molecule has 12 heteroatoms. The molecule has 27 heavy (non-hydrogen) atoms. The third-order valence-electron chi connectivity index (χ3n) is 3.73. The minimum Gasteiger partial charge on any atom is -0.382 e. The Hall–Kier alpha value is -1.55. The summed E-state index contributed by atoms with van der Waals surface area (Å²) in [5.41, 5.74) is 22.0. The molecule has 0 saturated heterocycles. The van der Waals surface area contributed by atoms with Crippen LogP contribution in [0.5, 0.6) is 0 Å². The fourth-order valence-corrected chi connectivity index (χ4v) is 2.48. The van der Waals surface area contributed by atoms with Crippen LogP contribution < -0.4 is 22.9 Å². The lowest BCUT2D eigenvalue weighted by atomic mass is 10.1. The molecule has 1 heterocycles. The van der Waals surface area contributed by atoms with Gasteiger partial charge in [-0.2, -0.15) is 0 Å². The van der Waals surface area contributed by atoms with Gasteiger partial charge in [0.15, 0.2) is 28.4 Å². The van der Waals surface area contributed by atoms with E-state index in [4.69, 9.17) is 39.9 Å². The van der Waals surface area contributed by atoms with Gasteiger partial charge in [0.1, 0.15) is 0 Å². The van der Waals surface area contributed by atoms with Crippen molar-refractivity contribution in [3.8, 4) is 0 Å². The standard InChI is InChI=1S/C15H27ClN8O.2ClH/c16-11-13(19)23-12(18)10(22-11)14(25)24(15(20)21)9-7-5-3-1-2-4-6-8-17;;/h1-9,17H2,(H3,20,21)(H4,18,19,23);2*1H. The minimum absolute atomic E-state index is 0. The molecule has 1 amide bonds. The van der Waals surface area contributed by atoms with Gasteiger partial charge in [-0.15, -0.1) is 24.8 Å². The van der Waals surface area contributed by atoms with Gasteiger partial charge in [-0.05, 0) is 19.4 Å². The molecule has 1 aromatic heterocycles. The zero-order valence-electron chi connectivity index (χ0n) is 15.1. The molecule has 9 N–H and O–H groups in total. The molecule has 0 unspecified atom stereocenters. The average Bonchev–Trinajstić information content (AvgIpc) is 2.56. The van der Waals surface area contributed by atoms with Gasteiger partial charge in [0.2, 0.25) is 0 Å². The molecule has 0 spiro atoms. The van der Waals surface area contributed by atoms with Gasteiger partial charge in [-0.1, -0.05) is 43.7 Å². The van der Waals surface area contributed by atoms with Crippen LogP contribution in [0, 0.1) is 5.41 Å². The number of nitrogens with zero attached hydrogens (tertiary/aromatic N) is 3. The largest absolute Gasteiger partial charge is 0.382 e. The number of hydrogen-bond acceptors (Lipinski definition) is 7. The van der Waals surface area contributed by atoms with E-state index in [9.17, 15) is 4.79 Å². The van der Waals surface area contributed by atoms with Crippen LogP contribution >= 0.6 is 36.4 Å². The van der Waals surface area contributed by atoms with Crippen LogP contribution in [0.25, 0.3) is 0 Å². The quantitative estimate of drug-likeness (QED) is 0.209. The normalized spacial score (nSPS) is 9.85. The van der Waals surface area contributed by atoms with Crippen molar-refractivity contribution in [3.63, 3.8) is 0 Å². The predicted octanol–water partition coefficient (Wildman–Crippen LogP) is 2.16. The fourth-order valence-electron chi connectivity index (χ4n) is 2.36. The molecule has 1 aromatic rings. The number of hydrogen-bond donors (Lipinski definition) is 5. The molecule has 9 nitrogen and oxygen atoms in total. The summed E-state index contributed by atoms with van der Waals surface area (Å²) in [7, 11) is 0. The van der Waals surface area contributed by atoms with Gasteiger partial charge in [0.25, 0.3) is 5.91 Å². The molecular formula is C15H29Cl3N8O. The Morgan fingerprint density at radius 2 is 1.48 bits per heavy atom. The first-order chi connectivity index (χ1) is 11.9. The number of guanidine groups is 1. The van der Waals surface area contributed by atoms with E-state index in [0.717, 1.165) is 56.4 Å². The summed E-state index contributed by atoms with van der Waals surface area (Å²) in [4.78, 5) is 21.3. The smallest absolute Gasteiger partial charge is 0.283 e. The van der Waals surface area contributed by atoms with Crippen molar-refractivity contribution in [2.45, 2.75) is 44.9 Å². The lowest BCUT2D eigenvalue weighted by Crippen LogP contribution is -2.42. The maximum Gasteiger partial charge on any atom is 0.283 e. The number of unbranched alkanes of at least 4 members (excludes halogenated alkanes) is 6. The number of carbonyl (C=O) groups excluding carboxylic acids is 1. The highest BCUT2D eigenvalue weighted by molar-refractivity contribution is 6.31. The molecule has 0 atom stereocenters. The van der Waals surface area contributed by atoms with Crippen LogP contribution in [-0.4, -0.2) is 39.8 Å². The molecule has 0 saturated carbocycles. The van der Waals surface area contributed by atoms with Crippen LogP contribution in [0.15, 0.2) is 0 Å². The van der Waals surface area contributed by atoms with E-state index < -0.39 is 5.91 Å². The first-order valence-electron chi connectivity index (χ1n) is 8.33. The van der Waals surface area contributed by atoms with E-state index >= 15 is 0 Å². The highest BCUT2D eigenvalue weighted by atomic mass is 35.5. The third-order valence-corrected chi connectivity index (χ3v) is 4.01. The molecule has 0 radical (unpaired) electrons. The summed E-state index contributed by atoms with van der Waals surface area (Å²) in [5, 5.41) is 7.50. The number of nitrogens with two attached hydrogens (primary N) is 4. The topological polar surface area (TPSA) is 174 Å². The van der Waals surface area contributed by atoms with Crippen LogP contribution in [0.2, 0.25) is 5.15 Å². The van der Waals surface area contributed by atoms with Gasteiger partial charge < -0.3 is 22.9 Å². The number of amides is 1. The summed E-state index contributed by atoms with van der Waals surface area (Å²) in [5.74, 6) is -1.18. The van der Waals surface area contributed by atoms with Crippen LogP contribution in [0.4, 0.5) is 11.6 Å². The molecule has 0 aliphatic rings. The predicted molar refractivity (Wildman–Crippen MR) is 115 cm³/mol. The zero-order valence-corrected chi connectivity index (χ0v) is 17.5. The van der Waals surface area contributed by atoms with Crippen molar-refractivity contribution in [1.29, 1.82) is 5.41 Å². The molecule has 0 aromatic carbocycles. The van der Waals surface area contributed by atoms with Gasteiger partial charge in [-0.25, -0.2) is 9.97 Å². The first-order valence-corrected chi connectivity index (χ1v) is 8.70. The van der Waals surface area contributed by atoms with E-state index in [1.54, 1.807) is 0 Å². The van der Waals surface area contributed by atoms with Crippen molar-refractivity contribution in [2.24, 2.45) is 11.5 Å². The summed E-state index contributed by atoms with van der Waals surface area (Å²) in [6, 6.07) is 0. The number of carbonyl (C=O) groups is 1. The number of aromatic nitrogens is 2. The van der Waals surface area contributed by atoms with Crippen molar-refractivity contribution in [1.82, 2.24) is 14.9 Å². The Morgan fingerprint density at radius 3 is 2.00 bits per heavy atom. The Labute approximate surface area is 176 Å². The number of nitrogen functional groups attached to an aromatic ring is 2. The van der Waals surface area contributed by atoms with Gasteiger partial charge >= 0.3 is 0 Å². The van der Waals surface area contributed by atoms with Crippen molar-refractivity contribution >= 4 is 59.9 Å². The van der Waals surface area contributed by atoms with Gasteiger partial charge in [0.05, 0.1) is 0 Å². The Bertz CT molecular complexity index is 603. The zero-order chi connectivity index (χ0) is 18.8. The first kappa shape index (κ1) is 27.7. The Balaban J connectivity index is 0. The number of nitrogens with one attached hydrogen (secondary N) is 1. The van der Waals surface area contributed by atoms with E-state index in [-0.39, 0.29) is 53.3 Å². The van der Waals surface area contributed by atoms with E-state index in [1.165, 1.54) is 0 Å². The van der Waals surface area contributed by atoms with Crippen molar-refractivity contribution in [3.05, 3.63) is 10.8 Å². The number of anilines is 2. The molecule has 156 valence electrons. The minimum atomic E-state index is -0.609. The van der Waals surface area contributed by atoms with E-state index in [2.05, 4.69) is 9.97 Å². The molecule has 0 aliphatic heterocycles. The maximum absolute atomic E-state index is 12.5. The van der Waals surface area contributed by atoms with Crippen molar-refractivity contribution < 1.29 is 4.79 Å². The highest BCUT2D eigenvalue weighted by Crippen LogP contribution is 2.19. The molecule has 0 bridgehead atoms. The fraction of sp³-hybridized carbons (Fsp3) is 0.600. The van der Waals surface area contributed by atoms with Gasteiger partial charge in [-0.3, -0.25) is 15.1 Å². The van der Waals surface area contributed by atoms with Crippen molar-refractivity contribution in [2.75, 3.05) is 24.6 Å². The summed E-state index contributed by atoms with van der Waals surface area (Å²) < 4.78 is 0. The second kappa shape index (κ2) is 14.5. The second-order valence-electron chi connectivity index (χ2n) is 5.74. The van der Waals surface area contributed by atoms with Crippen LogP contribution in [0.3, 0.4) is 0 Å². The SMILES string of the molecule is Cl.Cl.N=C(N)N(CCCCCCCCCN)C(=O)c1nc(Cl)c(N)nc1N. The summed E-state index contributed by atoms with van der Waals surface area (Å²) >= 11 is 5.79.